The third-order valence-electron chi connectivity index (χ3n) is 6.62. The van der Waals surface area contributed by atoms with E-state index in [1.807, 2.05) is 0 Å². The van der Waals surface area contributed by atoms with Crippen molar-refractivity contribution in [1.29, 1.82) is 0 Å². The fourth-order valence-electron chi connectivity index (χ4n) is 4.68. The molecule has 1 heterocycles. The Balaban J connectivity index is 1.53. The molecule has 2 aliphatic rings. The second-order valence-electron chi connectivity index (χ2n) is 8.86. The van der Waals surface area contributed by atoms with E-state index in [4.69, 9.17) is 5.73 Å². The maximum absolute atomic E-state index is 12.9. The Hall–Kier alpha value is -2.23. The van der Waals surface area contributed by atoms with Gasteiger partial charge in [-0.1, -0.05) is 19.8 Å². The van der Waals surface area contributed by atoms with Crippen molar-refractivity contribution in [3.05, 3.63) is 45.8 Å². The Kier molecular flexibility index (Phi) is 6.42. The van der Waals surface area contributed by atoms with E-state index in [0.29, 0.717) is 22.0 Å². The zero-order chi connectivity index (χ0) is 23.0. The fraction of sp³-hybridized carbons (Fsp3) is 0.478. The van der Waals surface area contributed by atoms with Crippen LogP contribution in [0.5, 0.6) is 0 Å². The quantitative estimate of drug-likeness (QED) is 0.662. The fourth-order valence-corrected chi connectivity index (χ4v) is 7.51. The second-order valence-corrected chi connectivity index (χ2v) is 12.0. The lowest BCUT2D eigenvalue weighted by molar-refractivity contribution is 0.1000. The van der Waals surface area contributed by atoms with Crippen LogP contribution in [-0.2, 0) is 22.9 Å². The Morgan fingerprint density at radius 3 is 2.41 bits per heavy atom. The van der Waals surface area contributed by atoms with Gasteiger partial charge in [-0.2, -0.15) is 4.31 Å². The van der Waals surface area contributed by atoms with Crippen molar-refractivity contribution in [2.24, 2.45) is 11.7 Å². The van der Waals surface area contributed by atoms with Crippen LogP contribution >= 0.6 is 11.3 Å². The predicted molar refractivity (Wildman–Crippen MR) is 126 cm³/mol. The van der Waals surface area contributed by atoms with E-state index >= 15 is 0 Å². The van der Waals surface area contributed by atoms with Crippen molar-refractivity contribution in [3.63, 3.8) is 0 Å². The van der Waals surface area contributed by atoms with Crippen LogP contribution in [0, 0.1) is 5.92 Å². The minimum atomic E-state index is -3.61. The smallest absolute Gasteiger partial charge is 0.256 e. The first kappa shape index (κ1) is 22.9. The minimum absolute atomic E-state index is 0.0303. The van der Waals surface area contributed by atoms with Gasteiger partial charge >= 0.3 is 0 Å². The third-order valence-corrected chi connectivity index (χ3v) is 9.71. The molecule has 7 nitrogen and oxygen atoms in total. The van der Waals surface area contributed by atoms with Gasteiger partial charge in [0, 0.05) is 23.5 Å². The molecule has 3 N–H and O–H groups in total. The summed E-state index contributed by atoms with van der Waals surface area (Å²) < 4.78 is 27.3. The second kappa shape index (κ2) is 8.96. The first-order valence-corrected chi connectivity index (χ1v) is 13.3. The van der Waals surface area contributed by atoms with Gasteiger partial charge in [0.2, 0.25) is 10.0 Å². The molecule has 2 amide bonds. The Labute approximate surface area is 193 Å². The maximum Gasteiger partial charge on any atom is 0.256 e. The number of sulfonamides is 1. The van der Waals surface area contributed by atoms with E-state index in [-0.39, 0.29) is 10.9 Å². The maximum atomic E-state index is 12.9. The van der Waals surface area contributed by atoms with Gasteiger partial charge in [-0.3, -0.25) is 9.59 Å². The molecule has 2 aliphatic carbocycles. The van der Waals surface area contributed by atoms with Crippen LogP contribution in [0.15, 0.2) is 29.2 Å². The molecule has 1 fully saturated rings. The van der Waals surface area contributed by atoms with Gasteiger partial charge in [0.25, 0.3) is 11.8 Å². The van der Waals surface area contributed by atoms with E-state index in [0.717, 1.165) is 55.4 Å². The molecule has 172 valence electrons. The Bertz CT molecular complexity index is 1130. The number of nitrogens with zero attached hydrogens (tertiary/aromatic N) is 1. The summed E-state index contributed by atoms with van der Waals surface area (Å²) in [5.41, 5.74) is 7.30. The third kappa shape index (κ3) is 4.33. The normalized spacial score (nSPS) is 19.2. The molecule has 0 saturated heterocycles. The molecule has 2 aromatic rings. The number of carbonyl (C=O) groups excluding carboxylic acids is 2. The monoisotopic (exact) mass is 475 g/mol. The predicted octanol–water partition coefficient (Wildman–Crippen LogP) is 3.79. The number of nitrogens with two attached hydrogens (primary N) is 1. The molecule has 0 radical (unpaired) electrons. The van der Waals surface area contributed by atoms with Crippen LogP contribution in [0.2, 0.25) is 0 Å². The Morgan fingerprint density at radius 2 is 1.78 bits per heavy atom. The molecule has 1 saturated carbocycles. The zero-order valence-corrected chi connectivity index (χ0v) is 20.0. The highest BCUT2D eigenvalue weighted by Crippen LogP contribution is 2.39. The summed E-state index contributed by atoms with van der Waals surface area (Å²) in [4.78, 5) is 26.2. The van der Waals surface area contributed by atoms with Crippen LogP contribution in [0.1, 0.15) is 70.2 Å². The SMILES string of the molecule is CC1CCc2c(sc(NC(=O)c3ccc(S(=O)(=O)N(C)C4CCCC4)cc3)c2C(N)=O)C1. The number of rotatable bonds is 6. The van der Waals surface area contributed by atoms with Crippen molar-refractivity contribution in [2.45, 2.75) is 62.8 Å². The van der Waals surface area contributed by atoms with Crippen molar-refractivity contribution >= 4 is 38.2 Å². The summed E-state index contributed by atoms with van der Waals surface area (Å²) in [5.74, 6) is -0.404. The number of primary amides is 1. The number of thiophene rings is 1. The van der Waals surface area contributed by atoms with Crippen LogP contribution in [0.4, 0.5) is 5.00 Å². The highest BCUT2D eigenvalue weighted by molar-refractivity contribution is 7.89. The Morgan fingerprint density at radius 1 is 1.12 bits per heavy atom. The number of hydrogen-bond donors (Lipinski definition) is 2. The van der Waals surface area contributed by atoms with E-state index in [1.165, 1.54) is 39.9 Å². The van der Waals surface area contributed by atoms with E-state index in [9.17, 15) is 18.0 Å². The van der Waals surface area contributed by atoms with Crippen LogP contribution < -0.4 is 11.1 Å². The molecular weight excluding hydrogens is 446 g/mol. The standard InChI is InChI=1S/C23H29N3O4S2/c1-14-7-12-18-19(13-14)31-23(20(18)21(24)27)25-22(28)15-8-10-17(11-9-15)32(29,30)26(2)16-5-3-4-6-16/h8-11,14,16H,3-7,12-13H2,1-2H3,(H2,24,27)(H,25,28). The summed E-state index contributed by atoms with van der Waals surface area (Å²) in [6.45, 7) is 2.17. The van der Waals surface area contributed by atoms with Gasteiger partial charge in [-0.25, -0.2) is 8.42 Å². The molecule has 0 aliphatic heterocycles. The number of hydrogen-bond acceptors (Lipinski definition) is 5. The summed E-state index contributed by atoms with van der Waals surface area (Å²) >= 11 is 1.41. The molecular formula is C23H29N3O4S2. The van der Waals surface area contributed by atoms with E-state index in [1.54, 1.807) is 7.05 Å². The van der Waals surface area contributed by atoms with Gasteiger partial charge in [0.1, 0.15) is 5.00 Å². The molecule has 1 atom stereocenters. The molecule has 0 spiro atoms. The molecule has 0 bridgehead atoms. The topological polar surface area (TPSA) is 110 Å². The van der Waals surface area contributed by atoms with Crippen molar-refractivity contribution in [2.75, 3.05) is 12.4 Å². The van der Waals surface area contributed by atoms with Gasteiger partial charge in [-0.15, -0.1) is 11.3 Å². The molecule has 1 aromatic heterocycles. The number of nitrogens with one attached hydrogen (secondary N) is 1. The van der Waals surface area contributed by atoms with Gasteiger partial charge in [-0.05, 0) is 67.9 Å². The number of amides is 2. The molecule has 32 heavy (non-hydrogen) atoms. The average molecular weight is 476 g/mol. The minimum Gasteiger partial charge on any atom is -0.365 e. The molecule has 1 aromatic carbocycles. The van der Waals surface area contributed by atoms with Gasteiger partial charge in [0.05, 0.1) is 10.5 Å². The van der Waals surface area contributed by atoms with Crippen molar-refractivity contribution in [3.8, 4) is 0 Å². The lowest BCUT2D eigenvalue weighted by Gasteiger charge is -2.23. The van der Waals surface area contributed by atoms with Crippen molar-refractivity contribution < 1.29 is 18.0 Å². The summed E-state index contributed by atoms with van der Waals surface area (Å²) in [6, 6.07) is 5.97. The van der Waals surface area contributed by atoms with Crippen LogP contribution in [0.25, 0.3) is 0 Å². The molecule has 9 heteroatoms. The largest absolute Gasteiger partial charge is 0.365 e. The lowest BCUT2D eigenvalue weighted by atomic mass is 9.88. The van der Waals surface area contributed by atoms with Gasteiger partial charge < -0.3 is 11.1 Å². The lowest BCUT2D eigenvalue weighted by Crippen LogP contribution is -2.35. The molecule has 4 rings (SSSR count). The number of benzene rings is 1. The highest BCUT2D eigenvalue weighted by Gasteiger charge is 2.30. The summed E-state index contributed by atoms with van der Waals surface area (Å²) in [7, 11) is -1.98. The number of fused-ring (bicyclic) bond motifs is 1. The molecule has 1 unspecified atom stereocenters. The first-order valence-electron chi connectivity index (χ1n) is 11.0. The highest BCUT2D eigenvalue weighted by atomic mass is 32.2. The summed E-state index contributed by atoms with van der Waals surface area (Å²) in [6.07, 6.45) is 6.48. The zero-order valence-electron chi connectivity index (χ0n) is 18.4. The van der Waals surface area contributed by atoms with Crippen LogP contribution in [-0.4, -0.2) is 37.6 Å². The van der Waals surface area contributed by atoms with E-state index in [2.05, 4.69) is 12.2 Å². The number of carbonyl (C=O) groups is 2. The van der Waals surface area contributed by atoms with Gasteiger partial charge in [0.15, 0.2) is 0 Å². The van der Waals surface area contributed by atoms with Crippen molar-refractivity contribution in [1.82, 2.24) is 4.31 Å². The van der Waals surface area contributed by atoms with Crippen LogP contribution in [0.3, 0.4) is 0 Å². The average Bonchev–Trinajstić information content (AvgIpc) is 3.40. The summed E-state index contributed by atoms with van der Waals surface area (Å²) in [5, 5.41) is 3.30. The first-order chi connectivity index (χ1) is 15.2. The van der Waals surface area contributed by atoms with E-state index < -0.39 is 21.8 Å². The number of anilines is 1.